The summed E-state index contributed by atoms with van der Waals surface area (Å²) in [5.41, 5.74) is 3.42. The number of imidazole rings is 1. The van der Waals surface area contributed by atoms with Crippen molar-refractivity contribution in [1.82, 2.24) is 14.1 Å². The number of hydrogen-bond acceptors (Lipinski definition) is 4. The van der Waals surface area contributed by atoms with Gasteiger partial charge in [-0.05, 0) is 48.5 Å². The van der Waals surface area contributed by atoms with Crippen LogP contribution in [0.15, 0.2) is 71.7 Å². The summed E-state index contributed by atoms with van der Waals surface area (Å²) in [5, 5.41) is 5.56. The summed E-state index contributed by atoms with van der Waals surface area (Å²) in [5.74, 6) is 0.437. The molecule has 0 radical (unpaired) electrons. The van der Waals surface area contributed by atoms with Gasteiger partial charge < -0.3 is 19.8 Å². The Morgan fingerprint density at radius 1 is 0.969 bits per heavy atom. The molecule has 0 saturated carbocycles. The number of nitrogens with zero attached hydrogens (tertiary/aromatic N) is 3. The summed E-state index contributed by atoms with van der Waals surface area (Å²) in [4.78, 5) is 40.3. The lowest BCUT2D eigenvalue weighted by atomic mass is 10.2. The lowest BCUT2D eigenvalue weighted by molar-refractivity contribution is -0.114. The molecule has 8 heteroatoms. The zero-order chi connectivity index (χ0) is 22.7. The molecule has 2 aromatic heterocycles. The molecule has 0 spiro atoms. The quantitative estimate of drug-likeness (QED) is 0.492. The highest BCUT2D eigenvalue weighted by Crippen LogP contribution is 2.21. The van der Waals surface area contributed by atoms with Crippen LogP contribution in [0.3, 0.4) is 0 Å². The van der Waals surface area contributed by atoms with E-state index in [1.165, 1.54) is 13.0 Å². The van der Waals surface area contributed by atoms with Gasteiger partial charge in [-0.1, -0.05) is 6.07 Å². The third-order valence-corrected chi connectivity index (χ3v) is 5.17. The second kappa shape index (κ2) is 8.89. The van der Waals surface area contributed by atoms with Gasteiger partial charge in [0.25, 0.3) is 11.5 Å². The Kier molecular flexibility index (Phi) is 5.85. The Morgan fingerprint density at radius 3 is 2.44 bits per heavy atom. The van der Waals surface area contributed by atoms with Crippen molar-refractivity contribution in [3.63, 3.8) is 0 Å². The van der Waals surface area contributed by atoms with E-state index in [2.05, 4.69) is 10.6 Å². The molecule has 0 bridgehead atoms. The average molecular weight is 429 g/mol. The summed E-state index contributed by atoms with van der Waals surface area (Å²) in [6.45, 7) is 1.97. The van der Waals surface area contributed by atoms with Crippen LogP contribution < -0.4 is 16.2 Å². The molecule has 0 aliphatic heterocycles. The van der Waals surface area contributed by atoms with Crippen LogP contribution in [0, 0.1) is 0 Å². The topological polar surface area (TPSA) is 98.0 Å². The van der Waals surface area contributed by atoms with Crippen LogP contribution in [0.4, 0.5) is 11.4 Å². The smallest absolute Gasteiger partial charge is 0.255 e. The maximum absolute atomic E-state index is 12.6. The van der Waals surface area contributed by atoms with Crippen LogP contribution in [0.1, 0.15) is 23.1 Å². The fourth-order valence-corrected chi connectivity index (χ4v) is 3.53. The summed E-state index contributed by atoms with van der Waals surface area (Å²) >= 11 is 0. The molecule has 0 saturated heterocycles. The first-order chi connectivity index (χ1) is 15.4. The molecule has 0 unspecified atom stereocenters. The minimum Gasteiger partial charge on any atom is -0.331 e. The minimum absolute atomic E-state index is 0.0404. The second-order valence-corrected chi connectivity index (χ2v) is 7.49. The van der Waals surface area contributed by atoms with E-state index in [1.54, 1.807) is 41.1 Å². The van der Waals surface area contributed by atoms with Crippen molar-refractivity contribution >= 4 is 34.2 Å². The predicted molar refractivity (Wildman–Crippen MR) is 124 cm³/mol. The number of nitrogens with one attached hydrogen (secondary N) is 2. The number of rotatable bonds is 6. The Balaban J connectivity index is 1.48. The maximum atomic E-state index is 12.6. The van der Waals surface area contributed by atoms with Crippen molar-refractivity contribution in [1.29, 1.82) is 0 Å². The van der Waals surface area contributed by atoms with Gasteiger partial charge in [0.2, 0.25) is 5.91 Å². The zero-order valence-electron chi connectivity index (χ0n) is 17.8. The standard InChI is InChI=1S/C24H23N5O3/c1-16(30)25-18-8-6-17(7-9-18)24(32)26-19-10-11-21-20(15-19)27-22(28(21)2)12-14-29-13-4-3-5-23(29)31/h3-11,13,15H,12,14H2,1-2H3,(H,25,30)(H,26,32). The van der Waals surface area contributed by atoms with Gasteiger partial charge in [-0.25, -0.2) is 4.98 Å². The highest BCUT2D eigenvalue weighted by molar-refractivity contribution is 6.05. The highest BCUT2D eigenvalue weighted by Gasteiger charge is 2.11. The highest BCUT2D eigenvalue weighted by atomic mass is 16.2. The van der Waals surface area contributed by atoms with Crippen LogP contribution in [-0.2, 0) is 24.8 Å². The van der Waals surface area contributed by atoms with Gasteiger partial charge in [0.1, 0.15) is 5.82 Å². The molecule has 32 heavy (non-hydrogen) atoms. The fraction of sp³-hybridized carbons (Fsp3) is 0.167. The third-order valence-electron chi connectivity index (χ3n) is 5.17. The zero-order valence-corrected chi connectivity index (χ0v) is 17.8. The van der Waals surface area contributed by atoms with E-state index in [-0.39, 0.29) is 17.4 Å². The molecule has 0 fully saturated rings. The number of aromatic nitrogens is 3. The normalized spacial score (nSPS) is 10.8. The van der Waals surface area contributed by atoms with Crippen LogP contribution in [0.25, 0.3) is 11.0 Å². The number of carbonyl (C=O) groups is 2. The molecule has 2 N–H and O–H groups in total. The van der Waals surface area contributed by atoms with E-state index in [0.717, 1.165) is 16.9 Å². The van der Waals surface area contributed by atoms with E-state index in [4.69, 9.17) is 4.98 Å². The van der Waals surface area contributed by atoms with Gasteiger partial charge in [-0.3, -0.25) is 14.4 Å². The van der Waals surface area contributed by atoms with Crippen molar-refractivity contribution in [2.75, 3.05) is 10.6 Å². The first kappa shape index (κ1) is 21.0. The largest absolute Gasteiger partial charge is 0.331 e. The van der Waals surface area contributed by atoms with Crippen molar-refractivity contribution < 1.29 is 9.59 Å². The van der Waals surface area contributed by atoms with Gasteiger partial charge in [-0.2, -0.15) is 0 Å². The SMILES string of the molecule is CC(=O)Nc1ccc(C(=O)Nc2ccc3c(c2)nc(CCn2ccccc2=O)n3C)cc1. The molecular formula is C24H23N5O3. The molecular weight excluding hydrogens is 406 g/mol. The molecule has 8 nitrogen and oxygen atoms in total. The Morgan fingerprint density at radius 2 is 1.72 bits per heavy atom. The number of carbonyl (C=O) groups excluding carboxylic acids is 2. The van der Waals surface area contributed by atoms with Crippen LogP contribution >= 0.6 is 0 Å². The summed E-state index contributed by atoms with van der Waals surface area (Å²) < 4.78 is 3.65. The first-order valence-electron chi connectivity index (χ1n) is 10.2. The molecule has 2 aromatic carbocycles. The van der Waals surface area contributed by atoms with E-state index in [0.29, 0.717) is 29.9 Å². The Labute approximate surface area is 184 Å². The molecule has 0 aliphatic rings. The molecule has 0 atom stereocenters. The van der Waals surface area contributed by atoms with Gasteiger partial charge in [-0.15, -0.1) is 0 Å². The molecule has 4 aromatic rings. The molecule has 2 amide bonds. The lowest BCUT2D eigenvalue weighted by Crippen LogP contribution is -2.19. The summed E-state index contributed by atoms with van der Waals surface area (Å²) in [6.07, 6.45) is 2.37. The lowest BCUT2D eigenvalue weighted by Gasteiger charge is -2.07. The van der Waals surface area contributed by atoms with E-state index in [9.17, 15) is 14.4 Å². The third kappa shape index (κ3) is 4.59. The van der Waals surface area contributed by atoms with Gasteiger partial charge in [0, 0.05) is 56.1 Å². The van der Waals surface area contributed by atoms with Gasteiger partial charge in [0.05, 0.1) is 11.0 Å². The van der Waals surface area contributed by atoms with Crippen LogP contribution in [0.2, 0.25) is 0 Å². The molecule has 2 heterocycles. The number of pyridine rings is 1. The average Bonchev–Trinajstić information content (AvgIpc) is 3.08. The second-order valence-electron chi connectivity index (χ2n) is 7.49. The van der Waals surface area contributed by atoms with E-state index < -0.39 is 0 Å². The number of aryl methyl sites for hydroxylation is 3. The Hall–Kier alpha value is -4.20. The Bertz CT molecular complexity index is 1350. The number of fused-ring (bicyclic) bond motifs is 1. The molecule has 0 aliphatic carbocycles. The van der Waals surface area contributed by atoms with Crippen molar-refractivity contribution in [2.24, 2.45) is 7.05 Å². The van der Waals surface area contributed by atoms with Crippen LogP contribution in [0.5, 0.6) is 0 Å². The predicted octanol–water partition coefficient (Wildman–Crippen LogP) is 3.19. The number of anilines is 2. The number of benzene rings is 2. The van der Waals surface area contributed by atoms with Crippen molar-refractivity contribution in [3.8, 4) is 0 Å². The summed E-state index contributed by atoms with van der Waals surface area (Å²) in [7, 11) is 1.94. The van der Waals surface area contributed by atoms with Crippen LogP contribution in [-0.4, -0.2) is 25.9 Å². The number of amides is 2. The van der Waals surface area contributed by atoms with Gasteiger partial charge >= 0.3 is 0 Å². The molecule has 162 valence electrons. The fourth-order valence-electron chi connectivity index (χ4n) is 3.53. The monoisotopic (exact) mass is 429 g/mol. The minimum atomic E-state index is -0.252. The van der Waals surface area contributed by atoms with Crippen molar-refractivity contribution in [3.05, 3.63) is 88.6 Å². The van der Waals surface area contributed by atoms with E-state index in [1.807, 2.05) is 35.9 Å². The van der Waals surface area contributed by atoms with Gasteiger partial charge in [0.15, 0.2) is 0 Å². The first-order valence-corrected chi connectivity index (χ1v) is 10.2. The maximum Gasteiger partial charge on any atom is 0.255 e. The molecule has 4 rings (SSSR count). The van der Waals surface area contributed by atoms with Crippen molar-refractivity contribution in [2.45, 2.75) is 19.9 Å². The number of hydrogen-bond donors (Lipinski definition) is 2. The van der Waals surface area contributed by atoms with E-state index >= 15 is 0 Å². The summed E-state index contributed by atoms with van der Waals surface area (Å²) in [6, 6.07) is 17.3.